The van der Waals surface area contributed by atoms with Crippen LogP contribution in [0, 0.1) is 5.92 Å². The number of nitrogens with one attached hydrogen (secondary N) is 1. The molecule has 35 heavy (non-hydrogen) atoms. The van der Waals surface area contributed by atoms with Crippen LogP contribution in [0.4, 0.5) is 0 Å². The van der Waals surface area contributed by atoms with Crippen molar-refractivity contribution in [1.82, 2.24) is 5.32 Å². The van der Waals surface area contributed by atoms with Crippen molar-refractivity contribution < 1.29 is 13.9 Å². The fraction of sp³-hybridized carbons (Fsp3) is 0.323. The quantitative estimate of drug-likeness (QED) is 0.295. The van der Waals surface area contributed by atoms with Crippen LogP contribution in [0.5, 0.6) is 5.75 Å². The number of hydrogen-bond acceptors (Lipinski definition) is 3. The van der Waals surface area contributed by atoms with E-state index >= 15 is 0 Å². The number of fused-ring (bicyclic) bond motifs is 2. The van der Waals surface area contributed by atoms with Crippen LogP contribution in [0.15, 0.2) is 71.4 Å². The predicted octanol–water partition coefficient (Wildman–Crippen LogP) is 7.75. The van der Waals surface area contributed by atoms with Gasteiger partial charge in [-0.3, -0.25) is 4.79 Å². The second-order valence-electron chi connectivity index (χ2n) is 9.66. The first kappa shape index (κ1) is 23.2. The van der Waals surface area contributed by atoms with Crippen molar-refractivity contribution in [3.05, 3.63) is 72.5 Å². The molecule has 1 amide bonds. The molecule has 1 aliphatic rings. The molecule has 0 bridgehead atoms. The van der Waals surface area contributed by atoms with Gasteiger partial charge in [0.2, 0.25) is 5.91 Å². The van der Waals surface area contributed by atoms with Crippen LogP contribution in [0.1, 0.15) is 52.0 Å². The lowest BCUT2D eigenvalue weighted by Crippen LogP contribution is -2.40. The van der Waals surface area contributed by atoms with E-state index in [4.69, 9.17) is 9.15 Å². The minimum atomic E-state index is -0.0368. The van der Waals surface area contributed by atoms with Gasteiger partial charge in [-0.2, -0.15) is 0 Å². The highest BCUT2D eigenvalue weighted by Gasteiger charge is 2.22. The molecule has 4 aromatic rings. The van der Waals surface area contributed by atoms with Crippen molar-refractivity contribution in [3.8, 4) is 16.9 Å². The molecule has 0 spiro atoms. The largest absolute Gasteiger partial charge is 0.493 e. The Morgan fingerprint density at radius 2 is 1.86 bits per heavy atom. The molecule has 1 aromatic heterocycles. The van der Waals surface area contributed by atoms with Crippen molar-refractivity contribution in [2.45, 2.75) is 52.5 Å². The van der Waals surface area contributed by atoms with Crippen LogP contribution in [0.3, 0.4) is 0 Å². The normalized spacial score (nSPS) is 18.7. The summed E-state index contributed by atoms with van der Waals surface area (Å²) >= 11 is 0. The molecule has 1 heterocycles. The lowest BCUT2D eigenvalue weighted by atomic mass is 9.86. The van der Waals surface area contributed by atoms with Crippen molar-refractivity contribution in [1.29, 1.82) is 0 Å². The number of carbonyl (C=O) groups is 1. The van der Waals surface area contributed by atoms with Crippen LogP contribution in [-0.4, -0.2) is 18.6 Å². The standard InChI is InChI=1S/C31H33NO3/c1-4-34-29-18-30-26(27(19-35-30)24-14-9-12-22-11-6-7-13-23(22)24)17-25(29)21(3)16-31(33)32-28-15-8-5-10-20(28)2/h6-7,9,11-14,16-20,28H,4-5,8,10,15H2,1-3H3,(H,32,33)/b21-16+. The van der Waals surface area contributed by atoms with Gasteiger partial charge in [0.15, 0.2) is 0 Å². The number of furan rings is 1. The molecule has 1 aliphatic carbocycles. The third-order valence-electron chi connectivity index (χ3n) is 7.27. The van der Waals surface area contributed by atoms with Gasteiger partial charge in [-0.05, 0) is 60.6 Å². The molecule has 0 saturated heterocycles. The van der Waals surface area contributed by atoms with E-state index in [2.05, 4.69) is 60.8 Å². The third kappa shape index (κ3) is 4.70. The summed E-state index contributed by atoms with van der Waals surface area (Å²) in [6.07, 6.45) is 8.20. The van der Waals surface area contributed by atoms with E-state index in [9.17, 15) is 4.79 Å². The third-order valence-corrected chi connectivity index (χ3v) is 7.27. The monoisotopic (exact) mass is 467 g/mol. The van der Waals surface area contributed by atoms with Gasteiger partial charge in [-0.25, -0.2) is 0 Å². The molecule has 1 fully saturated rings. The summed E-state index contributed by atoms with van der Waals surface area (Å²) in [5.41, 5.74) is 4.72. The summed E-state index contributed by atoms with van der Waals surface area (Å²) < 4.78 is 12.0. The Balaban J connectivity index is 1.54. The Morgan fingerprint density at radius 3 is 2.69 bits per heavy atom. The maximum absolute atomic E-state index is 12.9. The summed E-state index contributed by atoms with van der Waals surface area (Å²) in [5.74, 6) is 1.21. The van der Waals surface area contributed by atoms with E-state index in [1.807, 2.05) is 26.2 Å². The molecule has 5 rings (SSSR count). The summed E-state index contributed by atoms with van der Waals surface area (Å²) in [6, 6.07) is 19.0. The number of allylic oxidation sites excluding steroid dienone is 1. The first-order valence-corrected chi connectivity index (χ1v) is 12.7. The van der Waals surface area contributed by atoms with E-state index in [-0.39, 0.29) is 11.9 Å². The Bertz CT molecular complexity index is 1390. The second kappa shape index (κ2) is 9.99. The van der Waals surface area contributed by atoms with E-state index < -0.39 is 0 Å². The number of amides is 1. The highest BCUT2D eigenvalue weighted by atomic mass is 16.5. The van der Waals surface area contributed by atoms with E-state index in [0.29, 0.717) is 12.5 Å². The maximum atomic E-state index is 12.9. The van der Waals surface area contributed by atoms with Gasteiger partial charge < -0.3 is 14.5 Å². The molecule has 4 nitrogen and oxygen atoms in total. The molecule has 180 valence electrons. The van der Waals surface area contributed by atoms with Crippen molar-refractivity contribution >= 4 is 33.2 Å². The zero-order valence-electron chi connectivity index (χ0n) is 20.8. The van der Waals surface area contributed by atoms with Gasteiger partial charge in [0, 0.05) is 34.7 Å². The van der Waals surface area contributed by atoms with Gasteiger partial charge in [0.25, 0.3) is 0 Å². The van der Waals surface area contributed by atoms with Gasteiger partial charge >= 0.3 is 0 Å². The zero-order valence-corrected chi connectivity index (χ0v) is 20.8. The lowest BCUT2D eigenvalue weighted by Gasteiger charge is -2.29. The van der Waals surface area contributed by atoms with E-state index in [1.165, 1.54) is 30.0 Å². The van der Waals surface area contributed by atoms with Gasteiger partial charge in [0.1, 0.15) is 11.3 Å². The molecule has 1 N–H and O–H groups in total. The van der Waals surface area contributed by atoms with Crippen LogP contribution in [0.25, 0.3) is 38.4 Å². The van der Waals surface area contributed by atoms with Gasteiger partial charge in [0.05, 0.1) is 12.9 Å². The first-order valence-electron chi connectivity index (χ1n) is 12.7. The maximum Gasteiger partial charge on any atom is 0.244 e. The van der Waals surface area contributed by atoms with Gasteiger partial charge in [-0.15, -0.1) is 0 Å². The Morgan fingerprint density at radius 1 is 1.06 bits per heavy atom. The van der Waals surface area contributed by atoms with Crippen LogP contribution < -0.4 is 10.1 Å². The molecule has 0 aliphatic heterocycles. The number of ether oxygens (including phenoxy) is 1. The second-order valence-corrected chi connectivity index (χ2v) is 9.66. The minimum Gasteiger partial charge on any atom is -0.493 e. The summed E-state index contributed by atoms with van der Waals surface area (Å²) in [4.78, 5) is 12.9. The summed E-state index contributed by atoms with van der Waals surface area (Å²) in [7, 11) is 0. The van der Waals surface area contributed by atoms with Crippen LogP contribution in [-0.2, 0) is 4.79 Å². The number of hydrogen-bond donors (Lipinski definition) is 1. The fourth-order valence-corrected chi connectivity index (χ4v) is 5.34. The Kier molecular flexibility index (Phi) is 6.63. The minimum absolute atomic E-state index is 0.0368. The molecule has 2 unspecified atom stereocenters. The zero-order chi connectivity index (χ0) is 24.4. The lowest BCUT2D eigenvalue weighted by molar-refractivity contribution is -0.117. The molecular weight excluding hydrogens is 434 g/mol. The number of benzene rings is 3. The molecule has 0 radical (unpaired) electrons. The SMILES string of the molecule is CCOc1cc2occ(-c3cccc4ccccc34)c2cc1/C(C)=C/C(=O)NC1CCCCC1C. The van der Waals surface area contributed by atoms with E-state index in [0.717, 1.165) is 45.4 Å². The molecule has 1 saturated carbocycles. The van der Waals surface area contributed by atoms with Crippen molar-refractivity contribution in [2.75, 3.05) is 6.61 Å². The molecule has 2 atom stereocenters. The predicted molar refractivity (Wildman–Crippen MR) is 144 cm³/mol. The van der Waals surface area contributed by atoms with Crippen molar-refractivity contribution in [3.63, 3.8) is 0 Å². The molecule has 3 aromatic carbocycles. The average molecular weight is 468 g/mol. The highest BCUT2D eigenvalue weighted by Crippen LogP contribution is 2.39. The first-order chi connectivity index (χ1) is 17.0. The van der Waals surface area contributed by atoms with Crippen LogP contribution in [0.2, 0.25) is 0 Å². The van der Waals surface area contributed by atoms with Crippen LogP contribution >= 0.6 is 0 Å². The number of rotatable bonds is 6. The van der Waals surface area contributed by atoms with Crippen molar-refractivity contribution in [2.24, 2.45) is 5.92 Å². The molecular formula is C31H33NO3. The van der Waals surface area contributed by atoms with E-state index in [1.54, 1.807) is 6.08 Å². The molecule has 4 heteroatoms. The highest BCUT2D eigenvalue weighted by molar-refractivity contribution is 6.06. The summed E-state index contributed by atoms with van der Waals surface area (Å²) in [6.45, 7) is 6.71. The average Bonchev–Trinajstić information content (AvgIpc) is 3.27. The van der Waals surface area contributed by atoms with Gasteiger partial charge in [-0.1, -0.05) is 62.2 Å². The topological polar surface area (TPSA) is 51.5 Å². The Hall–Kier alpha value is -3.53. The fourth-order valence-electron chi connectivity index (χ4n) is 5.34. The summed E-state index contributed by atoms with van der Waals surface area (Å²) in [5, 5.41) is 6.62. The number of carbonyl (C=O) groups excluding carboxylic acids is 1. The Labute approximate surface area is 207 Å². The smallest absolute Gasteiger partial charge is 0.244 e.